The fourth-order valence-electron chi connectivity index (χ4n) is 1.74. The molecule has 5 heteroatoms. The second-order valence-electron chi connectivity index (χ2n) is 5.08. The van der Waals surface area contributed by atoms with Gasteiger partial charge in [-0.05, 0) is 38.5 Å². The van der Waals surface area contributed by atoms with Crippen LogP contribution in [0.3, 0.4) is 0 Å². The van der Waals surface area contributed by atoms with Crippen molar-refractivity contribution in [1.82, 2.24) is 9.55 Å². The standard InChI is InChI=1S/C13H17N3O2/c1-13(2,3)18-12(17)16-8-9(7-14)10-5-4-6-15-11(10)16/h4-6,8H,7,14H2,1-3H3. The van der Waals surface area contributed by atoms with Crippen LogP contribution in [0.15, 0.2) is 24.5 Å². The first-order valence-electron chi connectivity index (χ1n) is 5.81. The molecule has 0 saturated carbocycles. The van der Waals surface area contributed by atoms with E-state index in [4.69, 9.17) is 10.5 Å². The summed E-state index contributed by atoms with van der Waals surface area (Å²) >= 11 is 0. The summed E-state index contributed by atoms with van der Waals surface area (Å²) in [4.78, 5) is 16.3. The largest absolute Gasteiger partial charge is 0.443 e. The minimum absolute atomic E-state index is 0.359. The summed E-state index contributed by atoms with van der Waals surface area (Å²) in [5.41, 5.74) is 6.58. The van der Waals surface area contributed by atoms with Gasteiger partial charge >= 0.3 is 6.09 Å². The van der Waals surface area contributed by atoms with Crippen LogP contribution in [0.2, 0.25) is 0 Å². The van der Waals surface area contributed by atoms with Gasteiger partial charge in [-0.3, -0.25) is 0 Å². The van der Waals surface area contributed by atoms with Crippen LogP contribution in [-0.4, -0.2) is 21.2 Å². The van der Waals surface area contributed by atoms with Gasteiger partial charge in [-0.2, -0.15) is 0 Å². The highest BCUT2D eigenvalue weighted by Crippen LogP contribution is 2.20. The van der Waals surface area contributed by atoms with Crippen molar-refractivity contribution >= 4 is 17.1 Å². The lowest BCUT2D eigenvalue weighted by Crippen LogP contribution is -2.26. The third-order valence-corrected chi connectivity index (χ3v) is 2.46. The zero-order chi connectivity index (χ0) is 13.3. The smallest absolute Gasteiger partial charge is 0.420 e. The van der Waals surface area contributed by atoms with Crippen LogP contribution in [0, 0.1) is 0 Å². The number of nitrogens with zero attached hydrogens (tertiary/aromatic N) is 2. The molecular weight excluding hydrogens is 230 g/mol. The van der Waals surface area contributed by atoms with Crippen molar-refractivity contribution < 1.29 is 9.53 Å². The Balaban J connectivity index is 2.48. The van der Waals surface area contributed by atoms with Crippen LogP contribution in [0.25, 0.3) is 11.0 Å². The quantitative estimate of drug-likeness (QED) is 0.839. The van der Waals surface area contributed by atoms with E-state index in [1.54, 1.807) is 12.4 Å². The molecule has 0 spiro atoms. The zero-order valence-electron chi connectivity index (χ0n) is 10.8. The third-order valence-electron chi connectivity index (χ3n) is 2.46. The number of hydrogen-bond donors (Lipinski definition) is 1. The first-order chi connectivity index (χ1) is 8.42. The fourth-order valence-corrected chi connectivity index (χ4v) is 1.74. The molecule has 0 radical (unpaired) electrons. The van der Waals surface area contributed by atoms with Gasteiger partial charge in [0.2, 0.25) is 0 Å². The normalized spacial score (nSPS) is 11.8. The molecule has 96 valence electrons. The molecule has 5 nitrogen and oxygen atoms in total. The van der Waals surface area contributed by atoms with Crippen molar-refractivity contribution in [2.45, 2.75) is 32.9 Å². The summed E-state index contributed by atoms with van der Waals surface area (Å²) < 4.78 is 6.74. The molecule has 0 atom stereocenters. The van der Waals surface area contributed by atoms with Gasteiger partial charge in [0.25, 0.3) is 0 Å². The van der Waals surface area contributed by atoms with Gasteiger partial charge in [0.15, 0.2) is 0 Å². The first kappa shape index (κ1) is 12.6. The summed E-state index contributed by atoms with van der Waals surface area (Å²) in [6.45, 7) is 5.84. The first-order valence-corrected chi connectivity index (χ1v) is 5.81. The molecule has 2 aromatic rings. The molecule has 0 aromatic carbocycles. The molecule has 2 heterocycles. The van der Waals surface area contributed by atoms with Crippen molar-refractivity contribution in [2.75, 3.05) is 0 Å². The SMILES string of the molecule is CC(C)(C)OC(=O)n1cc(CN)c2cccnc21. The Morgan fingerprint density at radius 1 is 1.50 bits per heavy atom. The van der Waals surface area contributed by atoms with Crippen molar-refractivity contribution in [1.29, 1.82) is 0 Å². The van der Waals surface area contributed by atoms with E-state index in [0.717, 1.165) is 10.9 Å². The van der Waals surface area contributed by atoms with Crippen molar-refractivity contribution in [2.24, 2.45) is 5.73 Å². The van der Waals surface area contributed by atoms with E-state index in [1.807, 2.05) is 32.9 Å². The van der Waals surface area contributed by atoms with Crippen molar-refractivity contribution in [3.63, 3.8) is 0 Å². The maximum Gasteiger partial charge on any atom is 0.420 e. The second kappa shape index (κ2) is 4.42. The molecule has 0 bridgehead atoms. The molecule has 0 aliphatic carbocycles. The molecule has 2 aromatic heterocycles. The van der Waals surface area contributed by atoms with E-state index in [1.165, 1.54) is 4.57 Å². The topological polar surface area (TPSA) is 70.1 Å². The van der Waals surface area contributed by atoms with Crippen LogP contribution in [0.1, 0.15) is 26.3 Å². The van der Waals surface area contributed by atoms with Crippen LogP contribution in [0.4, 0.5) is 4.79 Å². The third kappa shape index (κ3) is 2.36. The summed E-state index contributed by atoms with van der Waals surface area (Å²) in [5.74, 6) is 0. The highest BCUT2D eigenvalue weighted by atomic mass is 16.6. The van der Waals surface area contributed by atoms with E-state index in [0.29, 0.717) is 12.2 Å². The Hall–Kier alpha value is -1.88. The lowest BCUT2D eigenvalue weighted by Gasteiger charge is -2.19. The number of carbonyl (C=O) groups excluding carboxylic acids is 1. The number of hydrogen-bond acceptors (Lipinski definition) is 4. The molecular formula is C13H17N3O2. The molecule has 0 amide bonds. The number of fused-ring (bicyclic) bond motifs is 1. The highest BCUT2D eigenvalue weighted by Gasteiger charge is 2.20. The summed E-state index contributed by atoms with van der Waals surface area (Å²) in [7, 11) is 0. The number of nitrogens with two attached hydrogens (primary N) is 1. The lowest BCUT2D eigenvalue weighted by molar-refractivity contribution is 0.0543. The Morgan fingerprint density at radius 3 is 2.83 bits per heavy atom. The molecule has 0 aliphatic heterocycles. The van der Waals surface area contributed by atoms with Gasteiger partial charge in [-0.25, -0.2) is 14.3 Å². The van der Waals surface area contributed by atoms with Gasteiger partial charge < -0.3 is 10.5 Å². The van der Waals surface area contributed by atoms with Gasteiger partial charge in [0, 0.05) is 24.3 Å². The zero-order valence-corrected chi connectivity index (χ0v) is 10.8. The molecule has 0 fully saturated rings. The minimum Gasteiger partial charge on any atom is -0.443 e. The molecule has 0 unspecified atom stereocenters. The van der Waals surface area contributed by atoms with Crippen molar-refractivity contribution in [3.05, 3.63) is 30.1 Å². The maximum absolute atomic E-state index is 12.1. The minimum atomic E-state index is -0.536. The number of carbonyl (C=O) groups is 1. The summed E-state index contributed by atoms with van der Waals surface area (Å²) in [5, 5.41) is 0.880. The molecule has 2 rings (SSSR count). The van der Waals surface area contributed by atoms with Gasteiger partial charge in [0.05, 0.1) is 0 Å². The Morgan fingerprint density at radius 2 is 2.22 bits per heavy atom. The number of pyridine rings is 1. The Bertz CT molecular complexity index is 581. The molecule has 0 aliphatic rings. The van der Waals surface area contributed by atoms with Gasteiger partial charge in [0.1, 0.15) is 11.2 Å². The fraction of sp³-hybridized carbons (Fsp3) is 0.385. The van der Waals surface area contributed by atoms with E-state index in [9.17, 15) is 4.79 Å². The Kier molecular flexibility index (Phi) is 3.09. The van der Waals surface area contributed by atoms with E-state index >= 15 is 0 Å². The van der Waals surface area contributed by atoms with Crippen molar-refractivity contribution in [3.8, 4) is 0 Å². The van der Waals surface area contributed by atoms with Gasteiger partial charge in [-0.15, -0.1) is 0 Å². The molecule has 2 N–H and O–H groups in total. The summed E-state index contributed by atoms with van der Waals surface area (Å²) in [6, 6.07) is 3.71. The number of ether oxygens (including phenoxy) is 1. The molecule has 0 saturated heterocycles. The number of aromatic nitrogens is 2. The predicted molar refractivity (Wildman–Crippen MR) is 69.3 cm³/mol. The van der Waals surface area contributed by atoms with E-state index < -0.39 is 11.7 Å². The van der Waals surface area contributed by atoms with E-state index in [-0.39, 0.29) is 0 Å². The highest BCUT2D eigenvalue weighted by molar-refractivity contribution is 5.89. The second-order valence-corrected chi connectivity index (χ2v) is 5.08. The van der Waals surface area contributed by atoms with Gasteiger partial charge in [-0.1, -0.05) is 0 Å². The number of rotatable bonds is 1. The average Bonchev–Trinajstić information content (AvgIpc) is 2.65. The predicted octanol–water partition coefficient (Wildman–Crippen LogP) is 2.28. The average molecular weight is 247 g/mol. The van der Waals surface area contributed by atoms with Crippen LogP contribution >= 0.6 is 0 Å². The maximum atomic E-state index is 12.1. The lowest BCUT2D eigenvalue weighted by atomic mass is 10.2. The van der Waals surface area contributed by atoms with Crippen LogP contribution < -0.4 is 5.73 Å². The summed E-state index contributed by atoms with van der Waals surface area (Å²) in [6.07, 6.45) is 2.89. The monoisotopic (exact) mass is 247 g/mol. The van der Waals surface area contributed by atoms with Crippen LogP contribution in [-0.2, 0) is 11.3 Å². The Labute approximate surface area is 106 Å². The molecule has 18 heavy (non-hydrogen) atoms. The van der Waals surface area contributed by atoms with E-state index in [2.05, 4.69) is 4.98 Å². The van der Waals surface area contributed by atoms with Crippen LogP contribution in [0.5, 0.6) is 0 Å².